The molecule has 1 aromatic heterocycles. The van der Waals surface area contributed by atoms with Gasteiger partial charge in [-0.05, 0) is 44.0 Å². The lowest BCUT2D eigenvalue weighted by Crippen LogP contribution is -2.19. The molecule has 0 aliphatic carbocycles. The third kappa shape index (κ3) is 4.43. The molecule has 1 heterocycles. The highest BCUT2D eigenvalue weighted by Gasteiger charge is 2.10. The molecule has 118 valence electrons. The normalized spacial score (nSPS) is 10.5. The summed E-state index contributed by atoms with van der Waals surface area (Å²) in [5, 5.41) is 3.30. The Bertz CT molecular complexity index is 588. The molecule has 5 heteroatoms. The van der Waals surface area contributed by atoms with Gasteiger partial charge >= 0.3 is 0 Å². The summed E-state index contributed by atoms with van der Waals surface area (Å²) in [5.41, 5.74) is 2.34. The number of nitrogens with zero attached hydrogens (tertiary/aromatic N) is 3. The second-order valence-electron chi connectivity index (χ2n) is 5.10. The molecule has 0 radical (unpaired) electrons. The topological polar surface area (TPSA) is 50.3 Å². The standard InChI is InChI=1S/C17H24N4O/c1-4-21(15-8-5-7-14(2)13-15)17-19-11-9-16(20-17)18-10-6-12-22-3/h5,7-9,11,13H,4,6,10,12H2,1-3H3,(H,18,19,20). The third-order valence-corrected chi connectivity index (χ3v) is 3.35. The molecule has 22 heavy (non-hydrogen) atoms. The maximum Gasteiger partial charge on any atom is 0.231 e. The number of aryl methyl sites for hydroxylation is 1. The zero-order valence-corrected chi connectivity index (χ0v) is 13.5. The van der Waals surface area contributed by atoms with E-state index in [0.717, 1.165) is 37.6 Å². The van der Waals surface area contributed by atoms with Crippen LogP contribution in [0.5, 0.6) is 0 Å². The Hall–Kier alpha value is -2.14. The van der Waals surface area contributed by atoms with Crippen LogP contribution in [0.4, 0.5) is 17.5 Å². The molecule has 2 rings (SSSR count). The fraction of sp³-hybridized carbons (Fsp3) is 0.412. The van der Waals surface area contributed by atoms with E-state index in [1.165, 1.54) is 5.56 Å². The molecule has 0 amide bonds. The SMILES string of the molecule is CCN(c1cccc(C)c1)c1nccc(NCCCOC)n1. The van der Waals surface area contributed by atoms with Gasteiger partial charge < -0.3 is 15.0 Å². The number of benzene rings is 1. The number of aromatic nitrogens is 2. The first-order chi connectivity index (χ1) is 10.7. The van der Waals surface area contributed by atoms with Crippen LogP contribution in [0, 0.1) is 6.92 Å². The molecule has 0 spiro atoms. The van der Waals surface area contributed by atoms with Crippen molar-refractivity contribution < 1.29 is 4.74 Å². The van der Waals surface area contributed by atoms with E-state index >= 15 is 0 Å². The number of rotatable bonds is 8. The number of hydrogen-bond donors (Lipinski definition) is 1. The Balaban J connectivity index is 2.12. The minimum absolute atomic E-state index is 0.713. The van der Waals surface area contributed by atoms with E-state index < -0.39 is 0 Å². The summed E-state index contributed by atoms with van der Waals surface area (Å²) < 4.78 is 5.05. The van der Waals surface area contributed by atoms with E-state index in [-0.39, 0.29) is 0 Å². The van der Waals surface area contributed by atoms with Crippen LogP contribution in [0.25, 0.3) is 0 Å². The highest BCUT2D eigenvalue weighted by atomic mass is 16.5. The molecule has 0 saturated carbocycles. The molecule has 0 bridgehead atoms. The van der Waals surface area contributed by atoms with E-state index in [0.29, 0.717) is 5.95 Å². The maximum atomic E-state index is 5.05. The smallest absolute Gasteiger partial charge is 0.231 e. The molecule has 0 fully saturated rings. The fourth-order valence-electron chi connectivity index (χ4n) is 2.25. The Morgan fingerprint density at radius 3 is 2.86 bits per heavy atom. The van der Waals surface area contributed by atoms with Crippen LogP contribution >= 0.6 is 0 Å². The van der Waals surface area contributed by atoms with Crippen LogP contribution < -0.4 is 10.2 Å². The first-order valence-corrected chi connectivity index (χ1v) is 7.64. The number of ether oxygens (including phenoxy) is 1. The largest absolute Gasteiger partial charge is 0.385 e. The Morgan fingerprint density at radius 2 is 2.14 bits per heavy atom. The monoisotopic (exact) mass is 300 g/mol. The lowest BCUT2D eigenvalue weighted by atomic mass is 10.2. The lowest BCUT2D eigenvalue weighted by Gasteiger charge is -2.21. The number of nitrogens with one attached hydrogen (secondary N) is 1. The molecule has 0 saturated heterocycles. The summed E-state index contributed by atoms with van der Waals surface area (Å²) in [6, 6.07) is 10.3. The van der Waals surface area contributed by atoms with E-state index in [9.17, 15) is 0 Å². The average molecular weight is 300 g/mol. The van der Waals surface area contributed by atoms with Gasteiger partial charge in [0.15, 0.2) is 0 Å². The van der Waals surface area contributed by atoms with Gasteiger partial charge in [0.25, 0.3) is 0 Å². The number of anilines is 3. The number of hydrogen-bond acceptors (Lipinski definition) is 5. The minimum atomic E-state index is 0.713. The molecule has 2 aromatic rings. The van der Waals surface area contributed by atoms with Crippen molar-refractivity contribution in [1.29, 1.82) is 0 Å². The van der Waals surface area contributed by atoms with Gasteiger partial charge in [-0.3, -0.25) is 0 Å². The van der Waals surface area contributed by atoms with Gasteiger partial charge in [0.2, 0.25) is 5.95 Å². The van der Waals surface area contributed by atoms with Crippen molar-refractivity contribution >= 4 is 17.5 Å². The van der Waals surface area contributed by atoms with Gasteiger partial charge in [-0.2, -0.15) is 4.98 Å². The van der Waals surface area contributed by atoms with Crippen molar-refractivity contribution in [1.82, 2.24) is 9.97 Å². The highest BCUT2D eigenvalue weighted by molar-refractivity contribution is 5.59. The zero-order chi connectivity index (χ0) is 15.8. The van der Waals surface area contributed by atoms with E-state index in [2.05, 4.69) is 58.3 Å². The molecule has 1 aromatic carbocycles. The molecular formula is C17H24N4O. The van der Waals surface area contributed by atoms with Crippen molar-refractivity contribution in [3.63, 3.8) is 0 Å². The summed E-state index contributed by atoms with van der Waals surface area (Å²) in [7, 11) is 1.71. The first-order valence-electron chi connectivity index (χ1n) is 7.64. The van der Waals surface area contributed by atoms with E-state index in [1.54, 1.807) is 13.3 Å². The zero-order valence-electron chi connectivity index (χ0n) is 13.5. The minimum Gasteiger partial charge on any atom is -0.385 e. The first kappa shape index (κ1) is 16.2. The third-order valence-electron chi connectivity index (χ3n) is 3.35. The maximum absolute atomic E-state index is 5.05. The molecule has 0 unspecified atom stereocenters. The van der Waals surface area contributed by atoms with Gasteiger partial charge in [-0.1, -0.05) is 12.1 Å². The molecule has 0 atom stereocenters. The molecular weight excluding hydrogens is 276 g/mol. The van der Waals surface area contributed by atoms with Gasteiger partial charge in [0.05, 0.1) is 0 Å². The summed E-state index contributed by atoms with van der Waals surface area (Å²) in [5.74, 6) is 1.55. The second-order valence-corrected chi connectivity index (χ2v) is 5.10. The predicted octanol–water partition coefficient (Wildman–Crippen LogP) is 3.39. The average Bonchev–Trinajstić information content (AvgIpc) is 2.53. The van der Waals surface area contributed by atoms with Gasteiger partial charge in [-0.15, -0.1) is 0 Å². The van der Waals surface area contributed by atoms with Crippen LogP contribution in [0.15, 0.2) is 36.5 Å². The summed E-state index contributed by atoms with van der Waals surface area (Å²) in [4.78, 5) is 11.1. The van der Waals surface area contributed by atoms with E-state index in [1.807, 2.05) is 6.07 Å². The molecule has 1 N–H and O–H groups in total. The van der Waals surface area contributed by atoms with Crippen LogP contribution in [0.2, 0.25) is 0 Å². The predicted molar refractivity (Wildman–Crippen MR) is 90.9 cm³/mol. The van der Waals surface area contributed by atoms with Crippen LogP contribution in [-0.2, 0) is 4.74 Å². The number of methoxy groups -OCH3 is 1. The van der Waals surface area contributed by atoms with Gasteiger partial charge in [0, 0.05) is 38.7 Å². The second kappa shape index (κ2) is 8.34. The Labute approximate surface area is 132 Å². The molecule has 5 nitrogen and oxygen atoms in total. The van der Waals surface area contributed by atoms with Crippen LogP contribution in [-0.4, -0.2) is 36.8 Å². The van der Waals surface area contributed by atoms with Crippen molar-refractivity contribution in [3.05, 3.63) is 42.1 Å². The Kier molecular flexibility index (Phi) is 6.15. The lowest BCUT2D eigenvalue weighted by molar-refractivity contribution is 0.198. The van der Waals surface area contributed by atoms with Crippen molar-refractivity contribution in [3.8, 4) is 0 Å². The summed E-state index contributed by atoms with van der Waals surface area (Å²) in [6.45, 7) is 6.59. The Morgan fingerprint density at radius 1 is 1.27 bits per heavy atom. The van der Waals surface area contributed by atoms with Crippen molar-refractivity contribution in [2.45, 2.75) is 20.3 Å². The molecule has 0 aliphatic heterocycles. The highest BCUT2D eigenvalue weighted by Crippen LogP contribution is 2.23. The van der Waals surface area contributed by atoms with Crippen molar-refractivity contribution in [2.24, 2.45) is 0 Å². The van der Waals surface area contributed by atoms with Crippen LogP contribution in [0.3, 0.4) is 0 Å². The van der Waals surface area contributed by atoms with Crippen molar-refractivity contribution in [2.75, 3.05) is 37.0 Å². The fourth-order valence-corrected chi connectivity index (χ4v) is 2.25. The summed E-state index contributed by atoms with van der Waals surface area (Å²) in [6.07, 6.45) is 2.74. The van der Waals surface area contributed by atoms with Gasteiger partial charge in [0.1, 0.15) is 5.82 Å². The van der Waals surface area contributed by atoms with Gasteiger partial charge in [-0.25, -0.2) is 4.98 Å². The van der Waals surface area contributed by atoms with Crippen LogP contribution in [0.1, 0.15) is 18.9 Å². The molecule has 0 aliphatic rings. The van der Waals surface area contributed by atoms with E-state index in [4.69, 9.17) is 4.74 Å². The quantitative estimate of drug-likeness (QED) is 0.757. The summed E-state index contributed by atoms with van der Waals surface area (Å²) >= 11 is 0.